The van der Waals surface area contributed by atoms with Crippen molar-refractivity contribution < 1.29 is 4.79 Å². The minimum Gasteiger partial charge on any atom is -0.299 e. The van der Waals surface area contributed by atoms with E-state index in [2.05, 4.69) is 0 Å². The molecule has 1 aliphatic carbocycles. The van der Waals surface area contributed by atoms with Gasteiger partial charge < -0.3 is 0 Å². The predicted octanol–water partition coefficient (Wildman–Crippen LogP) is 4.69. The Bertz CT molecular complexity index is 409. The lowest BCUT2D eigenvalue weighted by molar-refractivity contribution is -0.122. The van der Waals surface area contributed by atoms with Crippen LogP contribution in [0.1, 0.15) is 37.7 Å². The van der Waals surface area contributed by atoms with Gasteiger partial charge in [-0.2, -0.15) is 0 Å². The molecule has 1 saturated carbocycles. The number of rotatable bonds is 4. The van der Waals surface area contributed by atoms with Crippen molar-refractivity contribution in [2.45, 2.75) is 38.5 Å². The molecule has 1 aromatic carbocycles. The Kier molecular flexibility index (Phi) is 4.47. The van der Waals surface area contributed by atoms with E-state index in [0.717, 1.165) is 24.8 Å². The molecule has 1 aliphatic rings. The fraction of sp³-hybridized carbons (Fsp3) is 0.500. The largest absolute Gasteiger partial charge is 0.299 e. The van der Waals surface area contributed by atoms with Crippen molar-refractivity contribution in [3.63, 3.8) is 0 Å². The van der Waals surface area contributed by atoms with Crippen LogP contribution >= 0.6 is 23.2 Å². The SMILES string of the molecule is O=C(CCc1ccc(Cl)c(Cl)c1)C1CCCC1. The van der Waals surface area contributed by atoms with E-state index in [0.29, 0.717) is 28.2 Å². The molecule has 0 unspecified atom stereocenters. The van der Waals surface area contributed by atoms with Gasteiger partial charge in [-0.25, -0.2) is 0 Å². The van der Waals surface area contributed by atoms with Gasteiger partial charge in [0.2, 0.25) is 0 Å². The zero-order valence-corrected chi connectivity index (χ0v) is 11.2. The fourth-order valence-corrected chi connectivity index (χ4v) is 2.74. The first kappa shape index (κ1) is 12.9. The predicted molar refractivity (Wildman–Crippen MR) is 71.7 cm³/mol. The maximum absolute atomic E-state index is 11.9. The first-order valence-electron chi connectivity index (χ1n) is 6.13. The number of carbonyl (C=O) groups is 1. The Morgan fingerprint density at radius 2 is 1.88 bits per heavy atom. The third-order valence-corrected chi connectivity index (χ3v) is 4.19. The van der Waals surface area contributed by atoms with Crippen molar-refractivity contribution >= 4 is 29.0 Å². The molecule has 0 spiro atoms. The van der Waals surface area contributed by atoms with Gasteiger partial charge in [0.25, 0.3) is 0 Å². The number of Topliss-reactive ketones (excluding diaryl/α,β-unsaturated/α-hetero) is 1. The van der Waals surface area contributed by atoms with Crippen molar-refractivity contribution in [1.29, 1.82) is 0 Å². The van der Waals surface area contributed by atoms with Gasteiger partial charge in [0, 0.05) is 12.3 Å². The molecular formula is C14H16Cl2O. The lowest BCUT2D eigenvalue weighted by atomic mass is 9.97. The van der Waals surface area contributed by atoms with Crippen LogP contribution in [0.2, 0.25) is 10.0 Å². The van der Waals surface area contributed by atoms with Crippen LogP contribution in [0.3, 0.4) is 0 Å². The van der Waals surface area contributed by atoms with Crippen LogP contribution in [0.15, 0.2) is 18.2 Å². The third kappa shape index (κ3) is 3.46. The number of benzene rings is 1. The summed E-state index contributed by atoms with van der Waals surface area (Å²) < 4.78 is 0. The van der Waals surface area contributed by atoms with E-state index in [4.69, 9.17) is 23.2 Å². The molecule has 0 heterocycles. The second-order valence-corrected chi connectivity index (χ2v) is 5.51. The van der Waals surface area contributed by atoms with E-state index in [1.807, 2.05) is 12.1 Å². The number of ketones is 1. The van der Waals surface area contributed by atoms with Crippen LogP contribution in [-0.4, -0.2) is 5.78 Å². The highest BCUT2D eigenvalue weighted by atomic mass is 35.5. The van der Waals surface area contributed by atoms with E-state index in [-0.39, 0.29) is 0 Å². The Labute approximate surface area is 112 Å². The van der Waals surface area contributed by atoms with Gasteiger partial charge >= 0.3 is 0 Å². The number of hydrogen-bond acceptors (Lipinski definition) is 1. The average molecular weight is 271 g/mol. The molecule has 0 bridgehead atoms. The second-order valence-electron chi connectivity index (χ2n) is 4.70. The standard InChI is InChI=1S/C14H16Cl2O/c15-12-7-5-10(9-13(12)16)6-8-14(17)11-3-1-2-4-11/h5,7,9,11H,1-4,6,8H2. The number of aryl methyl sites for hydroxylation is 1. The zero-order chi connectivity index (χ0) is 12.3. The molecule has 3 heteroatoms. The molecule has 1 nitrogen and oxygen atoms in total. The van der Waals surface area contributed by atoms with Gasteiger partial charge in [0.05, 0.1) is 10.0 Å². The summed E-state index contributed by atoms with van der Waals surface area (Å²) in [7, 11) is 0. The summed E-state index contributed by atoms with van der Waals surface area (Å²) in [6.07, 6.45) is 5.99. The summed E-state index contributed by atoms with van der Waals surface area (Å²) in [5.74, 6) is 0.728. The van der Waals surface area contributed by atoms with Crippen molar-refractivity contribution in [2.75, 3.05) is 0 Å². The number of hydrogen-bond donors (Lipinski definition) is 0. The molecule has 0 N–H and O–H groups in total. The summed E-state index contributed by atoms with van der Waals surface area (Å²) in [6, 6.07) is 5.58. The lowest BCUT2D eigenvalue weighted by Gasteiger charge is -2.08. The number of carbonyl (C=O) groups excluding carboxylic acids is 1. The minimum absolute atomic E-state index is 0.317. The van der Waals surface area contributed by atoms with Crippen LogP contribution in [-0.2, 0) is 11.2 Å². The summed E-state index contributed by atoms with van der Waals surface area (Å²) >= 11 is 11.8. The van der Waals surface area contributed by atoms with E-state index in [1.165, 1.54) is 12.8 Å². The van der Waals surface area contributed by atoms with E-state index < -0.39 is 0 Å². The highest BCUT2D eigenvalue weighted by Crippen LogP contribution is 2.27. The first-order valence-corrected chi connectivity index (χ1v) is 6.89. The van der Waals surface area contributed by atoms with E-state index in [1.54, 1.807) is 6.07 Å². The molecular weight excluding hydrogens is 255 g/mol. The number of halogens is 2. The molecule has 0 saturated heterocycles. The molecule has 17 heavy (non-hydrogen) atoms. The van der Waals surface area contributed by atoms with Crippen LogP contribution in [0.25, 0.3) is 0 Å². The van der Waals surface area contributed by atoms with Crippen molar-refractivity contribution in [3.05, 3.63) is 33.8 Å². The van der Waals surface area contributed by atoms with Crippen LogP contribution in [0.5, 0.6) is 0 Å². The molecule has 1 fully saturated rings. The molecule has 1 aromatic rings. The molecule has 2 rings (SSSR count). The highest BCUT2D eigenvalue weighted by Gasteiger charge is 2.21. The highest BCUT2D eigenvalue weighted by molar-refractivity contribution is 6.42. The topological polar surface area (TPSA) is 17.1 Å². The van der Waals surface area contributed by atoms with Crippen molar-refractivity contribution in [2.24, 2.45) is 5.92 Å². The minimum atomic E-state index is 0.317. The first-order chi connectivity index (χ1) is 8.16. The average Bonchev–Trinajstić information content (AvgIpc) is 2.84. The fourth-order valence-electron chi connectivity index (χ4n) is 2.41. The van der Waals surface area contributed by atoms with Crippen LogP contribution in [0.4, 0.5) is 0 Å². The normalized spacial score (nSPS) is 16.4. The van der Waals surface area contributed by atoms with Crippen molar-refractivity contribution in [3.8, 4) is 0 Å². The van der Waals surface area contributed by atoms with Crippen LogP contribution in [0, 0.1) is 5.92 Å². The van der Waals surface area contributed by atoms with Gasteiger partial charge in [-0.1, -0.05) is 42.1 Å². The molecule has 0 amide bonds. The van der Waals surface area contributed by atoms with E-state index >= 15 is 0 Å². The van der Waals surface area contributed by atoms with Gasteiger partial charge in [0.1, 0.15) is 5.78 Å². The van der Waals surface area contributed by atoms with Crippen molar-refractivity contribution in [1.82, 2.24) is 0 Å². The monoisotopic (exact) mass is 270 g/mol. The molecule has 0 aromatic heterocycles. The van der Waals surface area contributed by atoms with Gasteiger partial charge in [-0.05, 0) is 37.0 Å². The maximum Gasteiger partial charge on any atom is 0.136 e. The molecule has 0 radical (unpaired) electrons. The molecule has 92 valence electrons. The van der Waals surface area contributed by atoms with Gasteiger partial charge in [0.15, 0.2) is 0 Å². The smallest absolute Gasteiger partial charge is 0.136 e. The van der Waals surface area contributed by atoms with E-state index in [9.17, 15) is 4.79 Å². The lowest BCUT2D eigenvalue weighted by Crippen LogP contribution is -2.11. The quantitative estimate of drug-likeness (QED) is 0.776. The Balaban J connectivity index is 1.88. The Morgan fingerprint density at radius 3 is 2.53 bits per heavy atom. The zero-order valence-electron chi connectivity index (χ0n) is 9.72. The third-order valence-electron chi connectivity index (χ3n) is 3.45. The summed E-state index contributed by atoms with van der Waals surface area (Å²) in [5.41, 5.74) is 1.09. The Hall–Kier alpha value is -0.530. The van der Waals surface area contributed by atoms with Gasteiger partial charge in [-0.3, -0.25) is 4.79 Å². The maximum atomic E-state index is 11.9. The molecule has 0 atom stereocenters. The van der Waals surface area contributed by atoms with Crippen LogP contribution < -0.4 is 0 Å². The Morgan fingerprint density at radius 1 is 1.18 bits per heavy atom. The second kappa shape index (κ2) is 5.88. The summed E-state index contributed by atoms with van der Waals surface area (Å²) in [4.78, 5) is 11.9. The summed E-state index contributed by atoms with van der Waals surface area (Å²) in [5, 5.41) is 1.13. The van der Waals surface area contributed by atoms with Gasteiger partial charge in [-0.15, -0.1) is 0 Å². The molecule has 0 aliphatic heterocycles. The summed E-state index contributed by atoms with van der Waals surface area (Å²) in [6.45, 7) is 0.